The summed E-state index contributed by atoms with van der Waals surface area (Å²) in [5.74, 6) is -0.380. The van der Waals surface area contributed by atoms with Gasteiger partial charge >= 0.3 is 0 Å². The van der Waals surface area contributed by atoms with Crippen LogP contribution < -0.4 is 5.32 Å². The molecule has 3 rings (SSSR count). The van der Waals surface area contributed by atoms with Crippen LogP contribution in [-0.2, 0) is 4.79 Å². The van der Waals surface area contributed by atoms with Crippen molar-refractivity contribution >= 4 is 17.7 Å². The number of halogens is 1. The smallest absolute Gasteiger partial charge is 0.277 e. The molecule has 0 saturated carbocycles. The highest BCUT2D eigenvalue weighted by Crippen LogP contribution is 2.27. The summed E-state index contributed by atoms with van der Waals surface area (Å²) in [7, 11) is 0. The molecule has 1 heterocycles. The molecule has 1 aliphatic carbocycles. The number of thioether (sulfide) groups is 1. The summed E-state index contributed by atoms with van der Waals surface area (Å²) in [5, 5.41) is 10.6. The highest BCUT2D eigenvalue weighted by Gasteiger charge is 2.19. The van der Waals surface area contributed by atoms with Crippen LogP contribution in [0.1, 0.15) is 39.0 Å². The number of nitrogens with one attached hydrogen (secondary N) is 1. The number of nitrogens with zero attached hydrogens (tertiary/aromatic N) is 2. The second kappa shape index (κ2) is 8.98. The zero-order valence-corrected chi connectivity index (χ0v) is 15.5. The maximum atomic E-state index is 13.8. The van der Waals surface area contributed by atoms with Gasteiger partial charge in [0.25, 0.3) is 11.1 Å². The number of carbonyl (C=O) groups is 1. The first-order valence-corrected chi connectivity index (χ1v) is 9.72. The molecular weight excluding hydrogens is 353 g/mol. The third kappa shape index (κ3) is 4.94. The van der Waals surface area contributed by atoms with E-state index in [2.05, 4.69) is 21.6 Å². The van der Waals surface area contributed by atoms with Crippen LogP contribution in [0.2, 0.25) is 0 Å². The van der Waals surface area contributed by atoms with Gasteiger partial charge in [-0.15, -0.1) is 10.2 Å². The molecule has 1 atom stereocenters. The summed E-state index contributed by atoms with van der Waals surface area (Å²) in [6.45, 7) is 2.42. The highest BCUT2D eigenvalue weighted by atomic mass is 32.2. The second-order valence-corrected chi connectivity index (χ2v) is 7.55. The van der Waals surface area contributed by atoms with E-state index in [1.54, 1.807) is 25.1 Å². The predicted octanol–water partition coefficient (Wildman–Crippen LogP) is 4.36. The van der Waals surface area contributed by atoms with E-state index < -0.39 is 5.82 Å². The zero-order chi connectivity index (χ0) is 18.4. The van der Waals surface area contributed by atoms with Crippen molar-refractivity contribution in [2.75, 3.05) is 6.54 Å². The molecule has 2 aromatic rings. The Hall–Kier alpha value is -2.15. The SMILES string of the molecule is C[C@H](Sc1nnc(-c2ccccc2F)o1)C(=O)NCCC1=CCCCC1. The lowest BCUT2D eigenvalue weighted by Crippen LogP contribution is -2.31. The monoisotopic (exact) mass is 375 g/mol. The Morgan fingerprint density at radius 2 is 2.19 bits per heavy atom. The van der Waals surface area contributed by atoms with E-state index in [-0.39, 0.29) is 27.8 Å². The van der Waals surface area contributed by atoms with Crippen molar-refractivity contribution < 1.29 is 13.6 Å². The molecular formula is C19H22FN3O2S. The Labute approximate surface area is 156 Å². The summed E-state index contributed by atoms with van der Waals surface area (Å²) in [4.78, 5) is 12.2. The quantitative estimate of drug-likeness (QED) is 0.575. The van der Waals surface area contributed by atoms with E-state index >= 15 is 0 Å². The van der Waals surface area contributed by atoms with Gasteiger partial charge < -0.3 is 9.73 Å². The van der Waals surface area contributed by atoms with Crippen LogP contribution in [0.5, 0.6) is 0 Å². The summed E-state index contributed by atoms with van der Waals surface area (Å²) in [6, 6.07) is 6.21. The van der Waals surface area contributed by atoms with Crippen molar-refractivity contribution in [2.24, 2.45) is 0 Å². The lowest BCUT2D eigenvalue weighted by Gasteiger charge is -2.14. The molecule has 0 bridgehead atoms. The molecule has 26 heavy (non-hydrogen) atoms. The van der Waals surface area contributed by atoms with Gasteiger partial charge in [0.05, 0.1) is 10.8 Å². The van der Waals surface area contributed by atoms with Crippen molar-refractivity contribution in [3.05, 3.63) is 41.7 Å². The van der Waals surface area contributed by atoms with E-state index in [0.717, 1.165) is 19.3 Å². The topological polar surface area (TPSA) is 68.0 Å². The van der Waals surface area contributed by atoms with Crippen LogP contribution in [0.4, 0.5) is 4.39 Å². The summed E-state index contributed by atoms with van der Waals surface area (Å²) < 4.78 is 19.2. The first-order valence-electron chi connectivity index (χ1n) is 8.84. The lowest BCUT2D eigenvalue weighted by molar-refractivity contribution is -0.120. The third-order valence-corrected chi connectivity index (χ3v) is 5.22. The Kier molecular flexibility index (Phi) is 6.44. The third-order valence-electron chi connectivity index (χ3n) is 4.29. The van der Waals surface area contributed by atoms with E-state index in [4.69, 9.17) is 4.42 Å². The van der Waals surface area contributed by atoms with Gasteiger partial charge in [-0.2, -0.15) is 0 Å². The number of amides is 1. The fraction of sp³-hybridized carbons (Fsp3) is 0.421. The lowest BCUT2D eigenvalue weighted by atomic mass is 9.97. The van der Waals surface area contributed by atoms with Crippen LogP contribution in [0.25, 0.3) is 11.5 Å². The molecule has 1 aliphatic rings. The number of allylic oxidation sites excluding steroid dienone is 1. The molecule has 0 spiro atoms. The zero-order valence-electron chi connectivity index (χ0n) is 14.7. The van der Waals surface area contributed by atoms with Gasteiger partial charge in [0.15, 0.2) is 0 Å². The van der Waals surface area contributed by atoms with Gasteiger partial charge in [-0.3, -0.25) is 4.79 Å². The number of hydrogen-bond donors (Lipinski definition) is 1. The largest absolute Gasteiger partial charge is 0.411 e. The molecule has 1 aromatic carbocycles. The minimum atomic E-state index is -0.421. The Bertz CT molecular complexity index is 791. The van der Waals surface area contributed by atoms with Gasteiger partial charge in [0.2, 0.25) is 5.91 Å². The van der Waals surface area contributed by atoms with Gasteiger partial charge in [0, 0.05) is 6.54 Å². The standard InChI is InChI=1S/C19H22FN3O2S/c1-13(17(24)21-12-11-14-7-3-2-4-8-14)26-19-23-22-18(25-19)15-9-5-6-10-16(15)20/h5-7,9-10,13H,2-4,8,11-12H2,1H3,(H,21,24)/t13-/m0/s1. The maximum absolute atomic E-state index is 13.8. The highest BCUT2D eigenvalue weighted by molar-refractivity contribution is 8.00. The number of aromatic nitrogens is 2. The van der Waals surface area contributed by atoms with Crippen molar-refractivity contribution in [1.29, 1.82) is 0 Å². The number of carbonyl (C=O) groups excluding carboxylic acids is 1. The summed E-state index contributed by atoms with van der Waals surface area (Å²) in [5.41, 5.74) is 1.69. The first kappa shape index (κ1) is 18.6. The molecule has 138 valence electrons. The van der Waals surface area contributed by atoms with Crippen LogP contribution in [-0.4, -0.2) is 27.9 Å². The average molecular weight is 375 g/mol. The summed E-state index contributed by atoms with van der Waals surface area (Å²) >= 11 is 1.17. The Balaban J connectivity index is 1.50. The normalized spacial score (nSPS) is 15.4. The second-order valence-electron chi connectivity index (χ2n) is 6.26. The van der Waals surface area contributed by atoms with Gasteiger partial charge in [-0.05, 0) is 51.2 Å². The van der Waals surface area contributed by atoms with Gasteiger partial charge in [-0.25, -0.2) is 4.39 Å². The van der Waals surface area contributed by atoms with Crippen LogP contribution in [0.15, 0.2) is 45.6 Å². The van der Waals surface area contributed by atoms with E-state index in [0.29, 0.717) is 6.54 Å². The van der Waals surface area contributed by atoms with Gasteiger partial charge in [0.1, 0.15) is 5.82 Å². The number of rotatable bonds is 7. The average Bonchev–Trinajstić information content (AvgIpc) is 3.11. The molecule has 5 nitrogen and oxygen atoms in total. The van der Waals surface area contributed by atoms with E-state index in [1.807, 2.05) is 0 Å². The number of hydrogen-bond acceptors (Lipinski definition) is 5. The van der Waals surface area contributed by atoms with Crippen molar-refractivity contribution in [3.8, 4) is 11.5 Å². The first-order chi connectivity index (χ1) is 12.6. The molecule has 1 amide bonds. The molecule has 1 aromatic heterocycles. The summed E-state index contributed by atoms with van der Waals surface area (Å²) in [6.07, 6.45) is 7.99. The van der Waals surface area contributed by atoms with E-state index in [9.17, 15) is 9.18 Å². The Morgan fingerprint density at radius 3 is 2.96 bits per heavy atom. The molecule has 1 N–H and O–H groups in total. The molecule has 0 unspecified atom stereocenters. The molecule has 0 saturated heterocycles. The van der Waals surface area contributed by atoms with Crippen LogP contribution in [0, 0.1) is 5.82 Å². The fourth-order valence-corrected chi connectivity index (χ4v) is 3.54. The maximum Gasteiger partial charge on any atom is 0.277 e. The minimum Gasteiger partial charge on any atom is -0.411 e. The van der Waals surface area contributed by atoms with Crippen molar-refractivity contribution in [1.82, 2.24) is 15.5 Å². The molecule has 0 aliphatic heterocycles. The van der Waals surface area contributed by atoms with Gasteiger partial charge in [-0.1, -0.05) is 35.5 Å². The van der Waals surface area contributed by atoms with Crippen molar-refractivity contribution in [3.63, 3.8) is 0 Å². The molecule has 0 radical (unpaired) electrons. The molecule has 0 fully saturated rings. The minimum absolute atomic E-state index is 0.0722. The van der Waals surface area contributed by atoms with E-state index in [1.165, 1.54) is 36.2 Å². The predicted molar refractivity (Wildman–Crippen MR) is 99.2 cm³/mol. The molecule has 7 heteroatoms. The Morgan fingerprint density at radius 1 is 1.35 bits per heavy atom. The fourth-order valence-electron chi connectivity index (χ4n) is 2.83. The number of benzene rings is 1. The van der Waals surface area contributed by atoms with Crippen LogP contribution in [0.3, 0.4) is 0 Å². The van der Waals surface area contributed by atoms with Crippen LogP contribution >= 0.6 is 11.8 Å². The van der Waals surface area contributed by atoms with Crippen molar-refractivity contribution in [2.45, 2.75) is 49.5 Å².